The smallest absolute Gasteiger partial charge is 0.246 e. The molecule has 0 radical (unpaired) electrons. The van der Waals surface area contributed by atoms with E-state index in [2.05, 4.69) is 17.6 Å². The molecule has 4 fully saturated rings. The van der Waals surface area contributed by atoms with Crippen LogP contribution >= 0.6 is 23.2 Å². The number of halogens is 2. The molecule has 6 rings (SSSR count). The fraction of sp³-hybridized carbons (Fsp3) is 0.621. The zero-order chi connectivity index (χ0) is 26.6. The summed E-state index contributed by atoms with van der Waals surface area (Å²) in [7, 11) is 0. The molecule has 7 atom stereocenters. The van der Waals surface area contributed by atoms with Gasteiger partial charge in [0.25, 0.3) is 0 Å². The van der Waals surface area contributed by atoms with Crippen LogP contribution in [0, 0.1) is 17.8 Å². The van der Waals surface area contributed by atoms with Crippen molar-refractivity contribution in [2.45, 2.75) is 94.5 Å². The highest BCUT2D eigenvalue weighted by atomic mass is 35.5. The molecule has 3 aliphatic heterocycles. The summed E-state index contributed by atoms with van der Waals surface area (Å²) in [5, 5.41) is 6.91. The van der Waals surface area contributed by atoms with Gasteiger partial charge in [0.1, 0.15) is 11.6 Å². The van der Waals surface area contributed by atoms with E-state index in [1.54, 1.807) is 18.2 Å². The van der Waals surface area contributed by atoms with E-state index >= 15 is 0 Å². The number of hydrogen-bond acceptors (Lipinski definition) is 4. The molecule has 204 valence electrons. The number of rotatable bonds is 5. The van der Waals surface area contributed by atoms with Crippen molar-refractivity contribution >= 4 is 46.6 Å². The van der Waals surface area contributed by atoms with Crippen molar-refractivity contribution in [3.05, 3.63) is 40.4 Å². The van der Waals surface area contributed by atoms with Crippen molar-refractivity contribution < 1.29 is 19.1 Å². The lowest BCUT2D eigenvalue weighted by Crippen LogP contribution is -2.59. The van der Waals surface area contributed by atoms with Gasteiger partial charge in [-0.2, -0.15) is 0 Å². The molecule has 7 unspecified atom stereocenters. The van der Waals surface area contributed by atoms with Crippen LogP contribution in [-0.2, 0) is 19.1 Å². The summed E-state index contributed by atoms with van der Waals surface area (Å²) in [4.78, 5) is 43.8. The van der Waals surface area contributed by atoms with E-state index in [0.29, 0.717) is 15.7 Å². The van der Waals surface area contributed by atoms with Gasteiger partial charge in [-0.1, -0.05) is 74.4 Å². The molecule has 2 N–H and O–H groups in total. The van der Waals surface area contributed by atoms with E-state index in [9.17, 15) is 14.4 Å². The lowest BCUT2D eigenvalue weighted by atomic mass is 9.74. The summed E-state index contributed by atoms with van der Waals surface area (Å²) in [6.45, 7) is 2.17. The van der Waals surface area contributed by atoms with Crippen LogP contribution in [0.2, 0.25) is 10.0 Å². The quantitative estimate of drug-likeness (QED) is 0.490. The Morgan fingerprint density at radius 1 is 1.00 bits per heavy atom. The van der Waals surface area contributed by atoms with Crippen LogP contribution in [0.3, 0.4) is 0 Å². The Morgan fingerprint density at radius 3 is 2.47 bits per heavy atom. The Hall–Kier alpha value is -2.09. The van der Waals surface area contributed by atoms with E-state index in [1.165, 1.54) is 6.42 Å². The largest absolute Gasteiger partial charge is 0.359 e. The minimum atomic E-state index is -1.14. The summed E-state index contributed by atoms with van der Waals surface area (Å²) in [6.07, 6.45) is 12.5. The second-order valence-corrected chi connectivity index (χ2v) is 12.6. The number of benzene rings is 1. The molecule has 7 nitrogen and oxygen atoms in total. The standard InChI is InChI=1S/C29H35Cl2N3O4/c1-16-7-5-6-10-21(16)34-25(27(36)32-17-8-3-2-4-9-17)29-14-13-22(38-29)23(24(29)28(34)37)26(35)33-18-11-12-19(30)20(31)15-18/h11-17,21-25H,2-10H2,1H3,(H,32,36)(H,33,35). The molecule has 5 aliphatic rings. The Bertz CT molecular complexity index is 1170. The number of carbonyl (C=O) groups excluding carboxylic acids is 3. The number of fused-ring (bicyclic) bond motifs is 1. The number of nitrogens with zero attached hydrogens (tertiary/aromatic N) is 1. The summed E-state index contributed by atoms with van der Waals surface area (Å²) >= 11 is 12.2. The van der Waals surface area contributed by atoms with Crippen molar-refractivity contribution in [2.24, 2.45) is 17.8 Å². The van der Waals surface area contributed by atoms with Crippen molar-refractivity contribution in [1.29, 1.82) is 0 Å². The molecule has 2 saturated heterocycles. The first-order valence-corrected chi connectivity index (χ1v) is 14.8. The summed E-state index contributed by atoms with van der Waals surface area (Å²) in [6, 6.07) is 4.18. The first kappa shape index (κ1) is 26.1. The van der Waals surface area contributed by atoms with Crippen molar-refractivity contribution in [2.75, 3.05) is 5.32 Å². The molecule has 3 amide bonds. The van der Waals surface area contributed by atoms with Gasteiger partial charge in [0.05, 0.1) is 28.0 Å². The second kappa shape index (κ2) is 10.1. The predicted molar refractivity (Wildman–Crippen MR) is 146 cm³/mol. The fourth-order valence-corrected chi connectivity index (χ4v) is 7.90. The van der Waals surface area contributed by atoms with Crippen LogP contribution in [0.15, 0.2) is 30.4 Å². The SMILES string of the molecule is CC1CCCCC1N1C(=O)C2C(C(=O)Nc3ccc(Cl)c(Cl)c3)C3C=CC2(O3)C1C(=O)NC1CCCCC1. The minimum Gasteiger partial charge on any atom is -0.359 e. The van der Waals surface area contributed by atoms with Gasteiger partial charge >= 0.3 is 0 Å². The van der Waals surface area contributed by atoms with E-state index in [1.807, 2.05) is 17.1 Å². The van der Waals surface area contributed by atoms with E-state index < -0.39 is 29.6 Å². The predicted octanol–water partition coefficient (Wildman–Crippen LogP) is 5.11. The second-order valence-electron chi connectivity index (χ2n) is 11.7. The highest BCUT2D eigenvalue weighted by molar-refractivity contribution is 6.42. The number of carbonyl (C=O) groups is 3. The monoisotopic (exact) mass is 559 g/mol. The number of amides is 3. The number of hydrogen-bond donors (Lipinski definition) is 2. The Kier molecular flexibility index (Phi) is 6.98. The maximum absolute atomic E-state index is 14.3. The molecule has 3 heterocycles. The molecule has 1 spiro atoms. The molecule has 2 aliphatic carbocycles. The van der Waals surface area contributed by atoms with Crippen LogP contribution in [0.5, 0.6) is 0 Å². The Balaban J connectivity index is 1.33. The van der Waals surface area contributed by atoms with Gasteiger partial charge in [-0.3, -0.25) is 14.4 Å². The van der Waals surface area contributed by atoms with Crippen LogP contribution in [0.4, 0.5) is 5.69 Å². The molecule has 38 heavy (non-hydrogen) atoms. The maximum Gasteiger partial charge on any atom is 0.246 e. The minimum absolute atomic E-state index is 0.0480. The molecule has 2 saturated carbocycles. The van der Waals surface area contributed by atoms with Crippen LogP contribution in [0.1, 0.15) is 64.7 Å². The van der Waals surface area contributed by atoms with E-state index in [4.69, 9.17) is 27.9 Å². The van der Waals surface area contributed by atoms with Gasteiger partial charge in [0.15, 0.2) is 0 Å². The summed E-state index contributed by atoms with van der Waals surface area (Å²) < 4.78 is 6.51. The van der Waals surface area contributed by atoms with Crippen molar-refractivity contribution in [3.8, 4) is 0 Å². The van der Waals surface area contributed by atoms with Crippen molar-refractivity contribution in [3.63, 3.8) is 0 Å². The number of anilines is 1. The van der Waals surface area contributed by atoms with Gasteiger partial charge in [-0.05, 0) is 49.8 Å². The molecule has 1 aromatic rings. The number of nitrogens with one attached hydrogen (secondary N) is 2. The normalized spacial score (nSPS) is 36.4. The van der Waals surface area contributed by atoms with E-state index in [-0.39, 0.29) is 35.7 Å². The van der Waals surface area contributed by atoms with Crippen LogP contribution in [0.25, 0.3) is 0 Å². The molecule has 9 heteroatoms. The number of ether oxygens (including phenoxy) is 1. The topological polar surface area (TPSA) is 87.7 Å². The van der Waals surface area contributed by atoms with Gasteiger partial charge in [-0.15, -0.1) is 0 Å². The highest BCUT2D eigenvalue weighted by Gasteiger charge is 2.73. The van der Waals surface area contributed by atoms with Gasteiger partial charge in [0, 0.05) is 17.8 Å². The lowest BCUT2D eigenvalue weighted by Gasteiger charge is -2.42. The van der Waals surface area contributed by atoms with Gasteiger partial charge in [0.2, 0.25) is 17.7 Å². The summed E-state index contributed by atoms with van der Waals surface area (Å²) in [5.74, 6) is -1.83. The van der Waals surface area contributed by atoms with E-state index in [0.717, 1.165) is 51.4 Å². The summed E-state index contributed by atoms with van der Waals surface area (Å²) in [5.41, 5.74) is -0.642. The third-order valence-corrected chi connectivity index (χ3v) is 10.2. The highest BCUT2D eigenvalue weighted by Crippen LogP contribution is 2.56. The maximum atomic E-state index is 14.3. The third-order valence-electron chi connectivity index (χ3n) is 9.43. The third kappa shape index (κ3) is 4.25. The zero-order valence-corrected chi connectivity index (χ0v) is 23.1. The zero-order valence-electron chi connectivity index (χ0n) is 21.6. The first-order chi connectivity index (χ1) is 18.3. The molecule has 1 aromatic carbocycles. The number of likely N-dealkylation sites (tertiary alicyclic amines) is 1. The molecule has 0 aromatic heterocycles. The lowest BCUT2D eigenvalue weighted by molar-refractivity contribution is -0.146. The first-order valence-electron chi connectivity index (χ1n) is 14.1. The van der Waals surface area contributed by atoms with Gasteiger partial charge in [-0.25, -0.2) is 0 Å². The van der Waals surface area contributed by atoms with Crippen LogP contribution in [-0.4, -0.2) is 52.5 Å². The molecular weight excluding hydrogens is 525 g/mol. The van der Waals surface area contributed by atoms with Gasteiger partial charge < -0.3 is 20.3 Å². The Morgan fingerprint density at radius 2 is 1.74 bits per heavy atom. The fourth-order valence-electron chi connectivity index (χ4n) is 7.60. The molecular formula is C29H35Cl2N3O4. The average molecular weight is 561 g/mol. The molecule has 2 bridgehead atoms. The average Bonchev–Trinajstić information content (AvgIpc) is 3.54. The Labute approximate surface area is 233 Å². The van der Waals surface area contributed by atoms with Crippen LogP contribution < -0.4 is 10.6 Å². The van der Waals surface area contributed by atoms with Crippen molar-refractivity contribution in [1.82, 2.24) is 10.2 Å².